The van der Waals surface area contributed by atoms with Crippen LogP contribution >= 0.6 is 0 Å². The number of rotatable bonds is 4. The van der Waals surface area contributed by atoms with Crippen LogP contribution in [0.4, 0.5) is 0 Å². The van der Waals surface area contributed by atoms with Gasteiger partial charge in [0.25, 0.3) is 15.9 Å². The van der Waals surface area contributed by atoms with Gasteiger partial charge in [-0.3, -0.25) is 4.79 Å². The van der Waals surface area contributed by atoms with Gasteiger partial charge in [0.1, 0.15) is 0 Å². The fourth-order valence-electron chi connectivity index (χ4n) is 1.35. The number of sulfonamides is 1. The van der Waals surface area contributed by atoms with Gasteiger partial charge in [-0.25, -0.2) is 12.7 Å². The van der Waals surface area contributed by atoms with E-state index in [0.717, 1.165) is 4.31 Å². The van der Waals surface area contributed by atoms with Crippen molar-refractivity contribution in [2.75, 3.05) is 13.2 Å². The second kappa shape index (κ2) is 3.51. The quantitative estimate of drug-likeness (QED) is 0.662. The van der Waals surface area contributed by atoms with Crippen LogP contribution in [0.15, 0.2) is 0 Å². The molecule has 0 aromatic heterocycles. The minimum atomic E-state index is -3.43. The van der Waals surface area contributed by atoms with Crippen LogP contribution in [-0.2, 0) is 14.8 Å². The number of nitrogens with zero attached hydrogens (tertiary/aromatic N) is 1. The first kappa shape index (κ1) is 11.5. The lowest BCUT2D eigenvalue weighted by atomic mass is 10.2. The van der Waals surface area contributed by atoms with Crippen LogP contribution in [0.5, 0.6) is 0 Å². The summed E-state index contributed by atoms with van der Waals surface area (Å²) in [6.07, 6.45) is 1.03. The van der Waals surface area contributed by atoms with E-state index in [0.29, 0.717) is 12.8 Å². The molecule has 1 rings (SSSR count). The Hall–Kier alpha value is -0.620. The third kappa shape index (κ3) is 1.42. The van der Waals surface area contributed by atoms with E-state index in [1.165, 1.54) is 13.8 Å². The maximum absolute atomic E-state index is 11.5. The molecule has 14 heavy (non-hydrogen) atoms. The van der Waals surface area contributed by atoms with Crippen molar-refractivity contribution in [3.63, 3.8) is 0 Å². The maximum Gasteiger partial charge on any atom is 0.258 e. The Balaban J connectivity index is 2.63. The normalized spacial score (nSPS) is 23.4. The first-order chi connectivity index (χ1) is 6.35. The lowest BCUT2D eigenvalue weighted by Gasteiger charge is -2.43. The van der Waals surface area contributed by atoms with Crippen molar-refractivity contribution >= 4 is 15.9 Å². The highest BCUT2D eigenvalue weighted by Gasteiger charge is 2.59. The third-order valence-electron chi connectivity index (χ3n) is 2.45. The molecule has 0 aromatic rings. The predicted octanol–water partition coefficient (Wildman–Crippen LogP) is -0.290. The number of amides is 1. The highest BCUT2D eigenvalue weighted by molar-refractivity contribution is 7.94. The van der Waals surface area contributed by atoms with Gasteiger partial charge in [-0.1, -0.05) is 0 Å². The molecule has 6 heteroatoms. The number of aliphatic hydroxyl groups excluding tert-OH is 1. The van der Waals surface area contributed by atoms with Crippen LogP contribution in [0.25, 0.3) is 0 Å². The SMILES string of the molecule is CC1(C)C(=O)N(CCCCO)S1(=O)=O. The van der Waals surface area contributed by atoms with E-state index in [2.05, 4.69) is 0 Å². The molecule has 1 fully saturated rings. The second-order valence-corrected chi connectivity index (χ2v) is 6.23. The molecule has 1 saturated heterocycles. The summed E-state index contributed by atoms with van der Waals surface area (Å²) in [6, 6.07) is 0. The fraction of sp³-hybridized carbons (Fsp3) is 0.875. The van der Waals surface area contributed by atoms with Crippen LogP contribution in [-0.4, -0.2) is 41.6 Å². The number of hydrogen-bond acceptors (Lipinski definition) is 4. The lowest BCUT2D eigenvalue weighted by molar-refractivity contribution is -0.132. The first-order valence-electron chi connectivity index (χ1n) is 4.53. The smallest absolute Gasteiger partial charge is 0.258 e. The Morgan fingerprint density at radius 3 is 2.36 bits per heavy atom. The maximum atomic E-state index is 11.5. The van der Waals surface area contributed by atoms with Gasteiger partial charge in [0, 0.05) is 13.2 Å². The number of aliphatic hydroxyl groups is 1. The van der Waals surface area contributed by atoms with Gasteiger partial charge in [-0.2, -0.15) is 0 Å². The zero-order valence-electron chi connectivity index (χ0n) is 8.36. The summed E-state index contributed by atoms with van der Waals surface area (Å²) >= 11 is 0. The number of unbranched alkanes of at least 4 members (excludes halogenated alkanes) is 1. The van der Waals surface area contributed by atoms with Gasteiger partial charge in [0.2, 0.25) is 0 Å². The summed E-state index contributed by atoms with van der Waals surface area (Å²) in [5, 5.41) is 8.52. The Morgan fingerprint density at radius 2 is 1.93 bits per heavy atom. The molecule has 0 spiro atoms. The summed E-state index contributed by atoms with van der Waals surface area (Å²) in [6.45, 7) is 3.02. The molecule has 0 unspecified atom stereocenters. The van der Waals surface area contributed by atoms with Crippen molar-refractivity contribution in [3.8, 4) is 0 Å². The van der Waals surface area contributed by atoms with E-state index in [4.69, 9.17) is 5.11 Å². The summed E-state index contributed by atoms with van der Waals surface area (Å²) in [5.74, 6) is -0.351. The van der Waals surface area contributed by atoms with Crippen molar-refractivity contribution in [2.24, 2.45) is 0 Å². The van der Waals surface area contributed by atoms with Crippen LogP contribution in [0.1, 0.15) is 26.7 Å². The van der Waals surface area contributed by atoms with Crippen molar-refractivity contribution < 1.29 is 18.3 Å². The van der Waals surface area contributed by atoms with Crippen LogP contribution in [0.2, 0.25) is 0 Å². The van der Waals surface area contributed by atoms with Crippen LogP contribution < -0.4 is 0 Å². The molecule has 1 N–H and O–H groups in total. The minimum absolute atomic E-state index is 0.0193. The highest BCUT2D eigenvalue weighted by Crippen LogP contribution is 2.34. The summed E-state index contributed by atoms with van der Waals surface area (Å²) < 4.78 is 22.7. The molecule has 1 heterocycles. The molecule has 5 nitrogen and oxygen atoms in total. The average molecular weight is 221 g/mol. The van der Waals surface area contributed by atoms with Gasteiger partial charge in [-0.05, 0) is 26.7 Å². The molecule has 0 radical (unpaired) electrons. The van der Waals surface area contributed by atoms with E-state index in [1.807, 2.05) is 0 Å². The molecule has 0 atom stereocenters. The van der Waals surface area contributed by atoms with Gasteiger partial charge in [0.15, 0.2) is 4.75 Å². The largest absolute Gasteiger partial charge is 0.396 e. The summed E-state index contributed by atoms with van der Waals surface area (Å²) in [5.41, 5.74) is 0. The van der Waals surface area contributed by atoms with Gasteiger partial charge >= 0.3 is 0 Å². The second-order valence-electron chi connectivity index (χ2n) is 3.82. The zero-order chi connectivity index (χ0) is 11.0. The van der Waals surface area contributed by atoms with Gasteiger partial charge < -0.3 is 5.11 Å². The number of carbonyl (C=O) groups excluding carboxylic acids is 1. The standard InChI is InChI=1S/C8H15NO4S/c1-8(2)7(11)9(14(8,12)13)5-3-4-6-10/h10H,3-6H2,1-2H3. The van der Waals surface area contributed by atoms with Gasteiger partial charge in [-0.15, -0.1) is 0 Å². The van der Waals surface area contributed by atoms with Crippen molar-refractivity contribution in [2.45, 2.75) is 31.4 Å². The van der Waals surface area contributed by atoms with E-state index in [9.17, 15) is 13.2 Å². The third-order valence-corrected chi connectivity index (χ3v) is 4.84. The molecular weight excluding hydrogens is 206 g/mol. The summed E-state index contributed by atoms with van der Waals surface area (Å²) in [4.78, 5) is 11.4. The monoisotopic (exact) mass is 221 g/mol. The van der Waals surface area contributed by atoms with E-state index < -0.39 is 14.8 Å². The number of carbonyl (C=O) groups is 1. The van der Waals surface area contributed by atoms with Crippen LogP contribution in [0, 0.1) is 0 Å². The van der Waals surface area contributed by atoms with Crippen molar-refractivity contribution in [1.82, 2.24) is 4.31 Å². The number of hydrogen-bond donors (Lipinski definition) is 1. The lowest BCUT2D eigenvalue weighted by Crippen LogP contribution is -2.67. The zero-order valence-corrected chi connectivity index (χ0v) is 9.17. The molecule has 1 aliphatic rings. The topological polar surface area (TPSA) is 74.7 Å². The summed E-state index contributed by atoms with van der Waals surface area (Å²) in [7, 11) is -3.43. The molecule has 1 amide bonds. The Bertz CT molecular complexity index is 333. The minimum Gasteiger partial charge on any atom is -0.396 e. The fourth-order valence-corrected chi connectivity index (χ4v) is 2.91. The molecule has 1 aliphatic heterocycles. The molecule has 0 aliphatic carbocycles. The van der Waals surface area contributed by atoms with Crippen molar-refractivity contribution in [1.29, 1.82) is 0 Å². The molecule has 0 bridgehead atoms. The first-order valence-corrected chi connectivity index (χ1v) is 5.97. The van der Waals surface area contributed by atoms with E-state index >= 15 is 0 Å². The van der Waals surface area contributed by atoms with E-state index in [-0.39, 0.29) is 19.1 Å². The van der Waals surface area contributed by atoms with Gasteiger partial charge in [0.05, 0.1) is 0 Å². The average Bonchev–Trinajstić information content (AvgIpc) is 2.11. The molecule has 0 saturated carbocycles. The molecular formula is C8H15NO4S. The predicted molar refractivity (Wildman–Crippen MR) is 51.0 cm³/mol. The Labute approximate surface area is 83.8 Å². The Morgan fingerprint density at radius 1 is 1.36 bits per heavy atom. The van der Waals surface area contributed by atoms with E-state index in [1.54, 1.807) is 0 Å². The molecule has 0 aromatic carbocycles. The Kier molecular flexibility index (Phi) is 2.87. The highest BCUT2D eigenvalue weighted by atomic mass is 32.2. The van der Waals surface area contributed by atoms with Crippen LogP contribution in [0.3, 0.4) is 0 Å². The van der Waals surface area contributed by atoms with Crippen molar-refractivity contribution in [3.05, 3.63) is 0 Å². The molecule has 82 valence electrons.